The van der Waals surface area contributed by atoms with Crippen LogP contribution in [0.15, 0.2) is 34.1 Å². The number of hydrogen-bond donors (Lipinski definition) is 0. The van der Waals surface area contributed by atoms with Gasteiger partial charge in [0.2, 0.25) is 0 Å². The molecule has 0 bridgehead atoms. The molecule has 0 saturated heterocycles. The standard InChI is InChI=1S/C12H10S2/c1-3-9-13-11-5-7-12(8-6-11)14-10-4-2/h1-2,5-8H,9-10H2. The third kappa shape index (κ3) is 3.83. The normalized spacial score (nSPS) is 9.00. The Morgan fingerprint density at radius 3 is 1.50 bits per heavy atom. The summed E-state index contributed by atoms with van der Waals surface area (Å²) in [5, 5.41) is 0. The van der Waals surface area contributed by atoms with Gasteiger partial charge in [-0.15, -0.1) is 36.4 Å². The third-order valence-corrected chi connectivity index (χ3v) is 3.30. The Hall–Kier alpha value is -0.960. The van der Waals surface area contributed by atoms with Crippen LogP contribution in [0.3, 0.4) is 0 Å². The molecule has 14 heavy (non-hydrogen) atoms. The lowest BCUT2D eigenvalue weighted by molar-refractivity contribution is 1.35. The van der Waals surface area contributed by atoms with Crippen LogP contribution in [-0.2, 0) is 0 Å². The predicted octanol–water partition coefficient (Wildman–Crippen LogP) is 3.14. The quantitative estimate of drug-likeness (QED) is 0.562. The molecular weight excluding hydrogens is 208 g/mol. The molecule has 0 aliphatic heterocycles. The van der Waals surface area contributed by atoms with Gasteiger partial charge in [0, 0.05) is 9.79 Å². The molecule has 0 N–H and O–H groups in total. The molecule has 1 rings (SSSR count). The molecule has 0 nitrogen and oxygen atoms in total. The monoisotopic (exact) mass is 218 g/mol. The minimum atomic E-state index is 0.719. The van der Waals surface area contributed by atoms with Gasteiger partial charge in [0.25, 0.3) is 0 Å². The van der Waals surface area contributed by atoms with Crippen molar-refractivity contribution in [1.82, 2.24) is 0 Å². The fourth-order valence-corrected chi connectivity index (χ4v) is 2.04. The molecule has 0 spiro atoms. The second-order valence-electron chi connectivity index (χ2n) is 2.46. The van der Waals surface area contributed by atoms with E-state index < -0.39 is 0 Å². The lowest BCUT2D eigenvalue weighted by atomic mass is 10.4. The summed E-state index contributed by atoms with van der Waals surface area (Å²) in [5.41, 5.74) is 0. The molecule has 0 radical (unpaired) electrons. The van der Waals surface area contributed by atoms with Gasteiger partial charge in [-0.25, -0.2) is 0 Å². The number of thioether (sulfide) groups is 2. The van der Waals surface area contributed by atoms with E-state index in [2.05, 4.69) is 36.1 Å². The van der Waals surface area contributed by atoms with Crippen molar-refractivity contribution in [2.75, 3.05) is 11.5 Å². The Morgan fingerprint density at radius 1 is 0.857 bits per heavy atom. The first-order valence-corrected chi connectivity index (χ1v) is 6.06. The zero-order chi connectivity index (χ0) is 10.2. The molecule has 0 aromatic heterocycles. The number of benzene rings is 1. The van der Waals surface area contributed by atoms with Gasteiger partial charge in [0.1, 0.15) is 0 Å². The van der Waals surface area contributed by atoms with Gasteiger partial charge in [-0.05, 0) is 24.3 Å². The largest absolute Gasteiger partial charge is 0.119 e. The highest BCUT2D eigenvalue weighted by Gasteiger charge is 1.94. The molecule has 0 fully saturated rings. The highest BCUT2D eigenvalue weighted by atomic mass is 32.2. The van der Waals surface area contributed by atoms with Gasteiger partial charge in [-0.3, -0.25) is 0 Å². The van der Waals surface area contributed by atoms with Crippen molar-refractivity contribution in [2.45, 2.75) is 9.79 Å². The van der Waals surface area contributed by atoms with Crippen molar-refractivity contribution in [3.63, 3.8) is 0 Å². The van der Waals surface area contributed by atoms with E-state index in [-0.39, 0.29) is 0 Å². The van der Waals surface area contributed by atoms with E-state index in [1.54, 1.807) is 23.5 Å². The van der Waals surface area contributed by atoms with Crippen LogP contribution in [0.4, 0.5) is 0 Å². The number of terminal acetylenes is 2. The van der Waals surface area contributed by atoms with Crippen LogP contribution in [-0.4, -0.2) is 11.5 Å². The minimum absolute atomic E-state index is 0.719. The Balaban J connectivity index is 2.52. The third-order valence-electron chi connectivity index (χ3n) is 1.47. The molecule has 1 aromatic carbocycles. The average Bonchev–Trinajstić information content (AvgIpc) is 2.25. The van der Waals surface area contributed by atoms with Crippen LogP contribution >= 0.6 is 23.5 Å². The smallest absolute Gasteiger partial charge is 0.0592 e. The lowest BCUT2D eigenvalue weighted by Crippen LogP contribution is -1.76. The Kier molecular flexibility index (Phi) is 5.15. The van der Waals surface area contributed by atoms with E-state index in [0.29, 0.717) is 0 Å². The SMILES string of the molecule is C#CCSc1ccc(SCC#C)cc1. The molecule has 1 aromatic rings. The zero-order valence-electron chi connectivity index (χ0n) is 7.69. The summed E-state index contributed by atoms with van der Waals surface area (Å²) >= 11 is 3.33. The van der Waals surface area contributed by atoms with Crippen LogP contribution < -0.4 is 0 Å². The number of rotatable bonds is 4. The van der Waals surface area contributed by atoms with Crippen LogP contribution in [0.5, 0.6) is 0 Å². The molecule has 0 aliphatic rings. The maximum atomic E-state index is 5.17. The molecular formula is C12H10S2. The maximum Gasteiger partial charge on any atom is 0.0592 e. The first-order chi connectivity index (χ1) is 6.86. The molecule has 0 saturated carbocycles. The van der Waals surface area contributed by atoms with Crippen molar-refractivity contribution in [1.29, 1.82) is 0 Å². The average molecular weight is 218 g/mol. The highest BCUT2D eigenvalue weighted by molar-refractivity contribution is 8.00. The fourth-order valence-electron chi connectivity index (χ4n) is 0.882. The van der Waals surface area contributed by atoms with Gasteiger partial charge in [-0.2, -0.15) is 0 Å². The summed E-state index contributed by atoms with van der Waals surface area (Å²) in [5.74, 6) is 6.63. The number of hydrogen-bond acceptors (Lipinski definition) is 2. The summed E-state index contributed by atoms with van der Waals surface area (Å²) in [6.45, 7) is 0. The van der Waals surface area contributed by atoms with Crippen LogP contribution in [0.2, 0.25) is 0 Å². The van der Waals surface area contributed by atoms with E-state index in [1.165, 1.54) is 9.79 Å². The summed E-state index contributed by atoms with van der Waals surface area (Å²) in [6.07, 6.45) is 10.3. The topological polar surface area (TPSA) is 0 Å². The molecule has 0 heterocycles. The van der Waals surface area contributed by atoms with Gasteiger partial charge in [0.15, 0.2) is 0 Å². The van der Waals surface area contributed by atoms with Crippen molar-refractivity contribution in [3.8, 4) is 24.7 Å². The first kappa shape index (κ1) is 11.1. The molecule has 0 amide bonds. The Morgan fingerprint density at radius 2 is 1.21 bits per heavy atom. The Bertz CT molecular complexity index is 314. The van der Waals surface area contributed by atoms with Crippen molar-refractivity contribution in [2.24, 2.45) is 0 Å². The molecule has 0 atom stereocenters. The van der Waals surface area contributed by atoms with Gasteiger partial charge < -0.3 is 0 Å². The van der Waals surface area contributed by atoms with Gasteiger partial charge in [0.05, 0.1) is 11.5 Å². The van der Waals surface area contributed by atoms with Crippen molar-refractivity contribution >= 4 is 23.5 Å². The summed E-state index contributed by atoms with van der Waals surface area (Å²) in [4.78, 5) is 2.40. The van der Waals surface area contributed by atoms with E-state index in [4.69, 9.17) is 12.8 Å². The van der Waals surface area contributed by atoms with Crippen LogP contribution in [0, 0.1) is 24.7 Å². The summed E-state index contributed by atoms with van der Waals surface area (Å²) in [6, 6.07) is 8.28. The minimum Gasteiger partial charge on any atom is -0.119 e. The molecule has 70 valence electrons. The highest BCUT2D eigenvalue weighted by Crippen LogP contribution is 2.22. The van der Waals surface area contributed by atoms with Crippen molar-refractivity contribution in [3.05, 3.63) is 24.3 Å². The summed E-state index contributed by atoms with van der Waals surface area (Å²) < 4.78 is 0. The van der Waals surface area contributed by atoms with E-state index >= 15 is 0 Å². The molecule has 2 heteroatoms. The Labute approximate surface area is 93.9 Å². The second-order valence-corrected chi connectivity index (χ2v) is 4.55. The van der Waals surface area contributed by atoms with E-state index in [0.717, 1.165) is 11.5 Å². The maximum absolute atomic E-state index is 5.17. The fraction of sp³-hybridized carbons (Fsp3) is 0.167. The predicted molar refractivity (Wildman–Crippen MR) is 65.6 cm³/mol. The van der Waals surface area contributed by atoms with E-state index in [1.807, 2.05) is 0 Å². The van der Waals surface area contributed by atoms with Crippen LogP contribution in [0.25, 0.3) is 0 Å². The first-order valence-electron chi connectivity index (χ1n) is 4.09. The van der Waals surface area contributed by atoms with Crippen LogP contribution in [0.1, 0.15) is 0 Å². The zero-order valence-corrected chi connectivity index (χ0v) is 9.33. The van der Waals surface area contributed by atoms with Crippen molar-refractivity contribution < 1.29 is 0 Å². The van der Waals surface area contributed by atoms with Gasteiger partial charge >= 0.3 is 0 Å². The van der Waals surface area contributed by atoms with E-state index in [9.17, 15) is 0 Å². The summed E-state index contributed by atoms with van der Waals surface area (Å²) in [7, 11) is 0. The lowest BCUT2D eigenvalue weighted by Gasteiger charge is -2.00. The molecule has 0 unspecified atom stereocenters. The molecule has 0 aliphatic carbocycles. The van der Waals surface area contributed by atoms with Gasteiger partial charge in [-0.1, -0.05) is 11.8 Å². The second kappa shape index (κ2) is 6.49.